The Kier molecular flexibility index (Phi) is 3.19. The smallest absolute Gasteiger partial charge is 0.102 e. The normalized spacial score (nSPS) is 18.2. The minimum absolute atomic E-state index is 0.307. The van der Waals surface area contributed by atoms with Crippen LogP contribution in [0, 0.1) is 16.7 Å². The molecule has 0 atom stereocenters. The third kappa shape index (κ3) is 2.08. The van der Waals surface area contributed by atoms with Crippen molar-refractivity contribution in [3.05, 3.63) is 47.1 Å². The zero-order chi connectivity index (χ0) is 10.6. The Bertz CT molecular complexity index is 412. The Morgan fingerprint density at radius 2 is 2.07 bits per heavy atom. The molecule has 0 aromatic carbocycles. The van der Waals surface area contributed by atoms with Crippen molar-refractivity contribution in [3.8, 4) is 6.07 Å². The molecule has 0 saturated heterocycles. The van der Waals surface area contributed by atoms with Crippen LogP contribution in [0.25, 0.3) is 0 Å². The number of hydrogen-bond acceptors (Lipinski definition) is 2. The average Bonchev–Trinajstić information content (AvgIpc) is 2.33. The summed E-state index contributed by atoms with van der Waals surface area (Å²) in [5.74, 6) is 0. The summed E-state index contributed by atoms with van der Waals surface area (Å²) in [6, 6.07) is 2.06. The summed E-state index contributed by atoms with van der Waals surface area (Å²) < 4.78 is 0. The van der Waals surface area contributed by atoms with Crippen molar-refractivity contribution < 1.29 is 0 Å². The highest BCUT2D eigenvalue weighted by atomic mass is 14.4. The molecule has 2 nitrogen and oxygen atoms in total. The van der Waals surface area contributed by atoms with Gasteiger partial charge in [-0.05, 0) is 25.0 Å². The minimum atomic E-state index is 0.307. The van der Waals surface area contributed by atoms with Crippen LogP contribution in [0.4, 0.5) is 0 Å². The number of nitrogens with one attached hydrogen (secondary N) is 1. The van der Waals surface area contributed by atoms with Gasteiger partial charge in [0.15, 0.2) is 0 Å². The lowest BCUT2D eigenvalue weighted by Gasteiger charge is -2.04. The molecule has 1 N–H and O–H groups in total. The lowest BCUT2D eigenvalue weighted by molar-refractivity contribution is 1.37. The summed E-state index contributed by atoms with van der Waals surface area (Å²) >= 11 is 0. The highest BCUT2D eigenvalue weighted by Crippen LogP contribution is 2.18. The van der Waals surface area contributed by atoms with Gasteiger partial charge in [-0.2, -0.15) is 5.26 Å². The third-order valence-electron chi connectivity index (χ3n) is 2.01. The van der Waals surface area contributed by atoms with Gasteiger partial charge < -0.3 is 5.41 Å². The summed E-state index contributed by atoms with van der Waals surface area (Å²) in [5, 5.41) is 16.4. The first-order chi connectivity index (χ1) is 6.66. The first kappa shape index (κ1) is 10.2. The van der Waals surface area contributed by atoms with Crippen LogP contribution in [0.2, 0.25) is 0 Å². The third-order valence-corrected chi connectivity index (χ3v) is 2.01. The molecule has 2 heteroatoms. The van der Waals surface area contributed by atoms with Gasteiger partial charge in [-0.3, -0.25) is 0 Å². The van der Waals surface area contributed by atoms with Crippen LogP contribution < -0.4 is 0 Å². The molecule has 0 amide bonds. The molecular formula is C12H12N2. The van der Waals surface area contributed by atoms with Crippen LogP contribution in [-0.4, -0.2) is 5.71 Å². The van der Waals surface area contributed by atoms with Crippen molar-refractivity contribution in [2.75, 3.05) is 0 Å². The molecular weight excluding hydrogens is 172 g/mol. The summed E-state index contributed by atoms with van der Waals surface area (Å²) in [6.07, 6.45) is 9.52. The SMILES string of the molecule is CC(=N)/C(C#N)=C1/C=CC=CC=C1C. The Labute approximate surface area is 84.1 Å². The van der Waals surface area contributed by atoms with Crippen LogP contribution in [0.3, 0.4) is 0 Å². The second kappa shape index (κ2) is 4.38. The van der Waals surface area contributed by atoms with E-state index in [9.17, 15) is 0 Å². The predicted octanol–water partition coefficient (Wildman–Crippen LogP) is 2.92. The van der Waals surface area contributed by atoms with Crippen molar-refractivity contribution in [2.24, 2.45) is 0 Å². The van der Waals surface area contributed by atoms with E-state index >= 15 is 0 Å². The number of hydrogen-bond donors (Lipinski definition) is 1. The van der Waals surface area contributed by atoms with Crippen LogP contribution in [-0.2, 0) is 0 Å². The fraction of sp³-hybridized carbons (Fsp3) is 0.167. The molecule has 0 aromatic heterocycles. The maximum Gasteiger partial charge on any atom is 0.102 e. The Morgan fingerprint density at radius 3 is 2.64 bits per heavy atom. The fourth-order valence-corrected chi connectivity index (χ4v) is 1.26. The molecule has 14 heavy (non-hydrogen) atoms. The van der Waals surface area contributed by atoms with Gasteiger partial charge >= 0.3 is 0 Å². The molecule has 0 aliphatic heterocycles. The van der Waals surface area contributed by atoms with Gasteiger partial charge in [0.1, 0.15) is 6.07 Å². The van der Waals surface area contributed by atoms with E-state index in [4.69, 9.17) is 10.7 Å². The monoisotopic (exact) mass is 184 g/mol. The van der Waals surface area contributed by atoms with E-state index in [0.29, 0.717) is 11.3 Å². The summed E-state index contributed by atoms with van der Waals surface area (Å²) in [6.45, 7) is 3.57. The molecule has 0 aromatic rings. The molecule has 0 unspecified atom stereocenters. The van der Waals surface area contributed by atoms with Gasteiger partial charge in [-0.15, -0.1) is 0 Å². The van der Waals surface area contributed by atoms with E-state index in [1.165, 1.54) is 0 Å². The van der Waals surface area contributed by atoms with Gasteiger partial charge in [-0.1, -0.05) is 30.4 Å². The maximum atomic E-state index is 8.93. The Balaban J connectivity index is 3.32. The standard InChI is InChI=1S/C12H12N2/c1-9-6-4-3-5-7-11(9)12(8-13)10(2)14/h3-7,14H,1-2H3/b12-11-,14-10?. The van der Waals surface area contributed by atoms with Crippen molar-refractivity contribution in [3.63, 3.8) is 0 Å². The van der Waals surface area contributed by atoms with Crippen molar-refractivity contribution >= 4 is 5.71 Å². The summed E-state index contributed by atoms with van der Waals surface area (Å²) in [7, 11) is 0. The molecule has 70 valence electrons. The lowest BCUT2D eigenvalue weighted by Crippen LogP contribution is -1.98. The van der Waals surface area contributed by atoms with Crippen molar-refractivity contribution in [1.82, 2.24) is 0 Å². The van der Waals surface area contributed by atoms with Gasteiger partial charge in [0.05, 0.1) is 5.57 Å². The van der Waals surface area contributed by atoms with E-state index in [-0.39, 0.29) is 0 Å². The van der Waals surface area contributed by atoms with E-state index in [0.717, 1.165) is 11.1 Å². The van der Waals surface area contributed by atoms with Crippen LogP contribution >= 0.6 is 0 Å². The topological polar surface area (TPSA) is 47.6 Å². The van der Waals surface area contributed by atoms with Gasteiger partial charge in [0.25, 0.3) is 0 Å². The minimum Gasteiger partial charge on any atom is -0.304 e. The molecule has 0 spiro atoms. The van der Waals surface area contributed by atoms with E-state index < -0.39 is 0 Å². The van der Waals surface area contributed by atoms with E-state index in [1.807, 2.05) is 37.3 Å². The van der Waals surface area contributed by atoms with Crippen LogP contribution in [0.1, 0.15) is 13.8 Å². The molecule has 0 bridgehead atoms. The molecule has 1 rings (SSSR count). The molecule has 0 saturated carbocycles. The number of nitrogens with zero attached hydrogens (tertiary/aromatic N) is 1. The second-order valence-corrected chi connectivity index (χ2v) is 3.12. The highest BCUT2D eigenvalue weighted by molar-refractivity contribution is 6.01. The maximum absolute atomic E-state index is 8.93. The van der Waals surface area contributed by atoms with Crippen LogP contribution in [0.5, 0.6) is 0 Å². The number of nitriles is 1. The highest BCUT2D eigenvalue weighted by Gasteiger charge is 2.07. The predicted molar refractivity (Wildman–Crippen MR) is 58.1 cm³/mol. The molecule has 0 fully saturated rings. The van der Waals surface area contributed by atoms with Gasteiger partial charge in [0, 0.05) is 5.71 Å². The van der Waals surface area contributed by atoms with Crippen LogP contribution in [0.15, 0.2) is 47.1 Å². The first-order valence-corrected chi connectivity index (χ1v) is 4.38. The molecule has 0 radical (unpaired) electrons. The Hall–Kier alpha value is -1.88. The second-order valence-electron chi connectivity index (χ2n) is 3.12. The Morgan fingerprint density at radius 1 is 1.36 bits per heavy atom. The molecule has 1 aliphatic rings. The quantitative estimate of drug-likeness (QED) is 0.494. The molecule has 1 aliphatic carbocycles. The summed E-state index contributed by atoms with van der Waals surface area (Å²) in [4.78, 5) is 0. The molecule has 0 heterocycles. The van der Waals surface area contributed by atoms with Gasteiger partial charge in [0.2, 0.25) is 0 Å². The number of allylic oxidation sites excluding steroid dienone is 8. The average molecular weight is 184 g/mol. The van der Waals surface area contributed by atoms with Crippen molar-refractivity contribution in [1.29, 1.82) is 10.7 Å². The van der Waals surface area contributed by atoms with E-state index in [1.54, 1.807) is 6.92 Å². The van der Waals surface area contributed by atoms with Crippen molar-refractivity contribution in [2.45, 2.75) is 13.8 Å². The zero-order valence-corrected chi connectivity index (χ0v) is 8.33. The first-order valence-electron chi connectivity index (χ1n) is 4.38. The fourth-order valence-electron chi connectivity index (χ4n) is 1.26. The number of rotatable bonds is 1. The lowest BCUT2D eigenvalue weighted by atomic mass is 9.99. The summed E-state index contributed by atoms with van der Waals surface area (Å²) in [5.41, 5.74) is 2.60. The van der Waals surface area contributed by atoms with Gasteiger partial charge in [-0.25, -0.2) is 0 Å². The largest absolute Gasteiger partial charge is 0.304 e. The van der Waals surface area contributed by atoms with E-state index in [2.05, 4.69) is 6.07 Å². The zero-order valence-electron chi connectivity index (χ0n) is 8.33.